The Labute approximate surface area is 137 Å². The fraction of sp³-hybridized carbons (Fsp3) is 0.316. The van der Waals surface area contributed by atoms with Gasteiger partial charge in [-0.1, -0.05) is 37.3 Å². The molecule has 0 saturated heterocycles. The topological polar surface area (TPSA) is 49.8 Å². The van der Waals surface area contributed by atoms with Crippen molar-refractivity contribution in [1.29, 1.82) is 0 Å². The average molecular weight is 313 g/mol. The number of aliphatic hydroxyl groups is 1. The molecule has 0 radical (unpaired) electrons. The van der Waals surface area contributed by atoms with Crippen LogP contribution in [0.5, 0.6) is 5.75 Å². The third kappa shape index (κ3) is 4.57. The first kappa shape index (κ1) is 17.0. The van der Waals surface area contributed by atoms with E-state index in [4.69, 9.17) is 9.84 Å². The Morgan fingerprint density at radius 2 is 1.78 bits per heavy atom. The number of aliphatic hydroxyl groups excluding tert-OH is 1. The second-order valence-electron chi connectivity index (χ2n) is 5.52. The molecule has 0 spiro atoms. The summed E-state index contributed by atoms with van der Waals surface area (Å²) in [7, 11) is 1.62. The zero-order valence-electron chi connectivity index (χ0n) is 13.6. The van der Waals surface area contributed by atoms with Gasteiger partial charge in [0.25, 0.3) is 0 Å². The molecule has 1 amide bonds. The summed E-state index contributed by atoms with van der Waals surface area (Å²) < 4.78 is 5.18. The maximum Gasteiger partial charge on any atom is 0.230 e. The van der Waals surface area contributed by atoms with E-state index in [2.05, 4.69) is 0 Å². The summed E-state index contributed by atoms with van der Waals surface area (Å²) >= 11 is 0. The number of benzene rings is 2. The molecule has 2 aromatic rings. The highest BCUT2D eigenvalue weighted by Crippen LogP contribution is 2.23. The minimum absolute atomic E-state index is 0.00747. The van der Waals surface area contributed by atoms with Crippen LogP contribution in [0.25, 0.3) is 0 Å². The predicted octanol–water partition coefficient (Wildman–Crippen LogP) is 3.25. The molecule has 0 aliphatic carbocycles. The van der Waals surface area contributed by atoms with Crippen LogP contribution in [-0.4, -0.2) is 24.7 Å². The van der Waals surface area contributed by atoms with Crippen LogP contribution in [0, 0.1) is 5.92 Å². The van der Waals surface area contributed by atoms with Crippen molar-refractivity contribution >= 4 is 11.6 Å². The van der Waals surface area contributed by atoms with Gasteiger partial charge in [0.2, 0.25) is 5.91 Å². The van der Waals surface area contributed by atoms with Gasteiger partial charge >= 0.3 is 0 Å². The van der Waals surface area contributed by atoms with Crippen LogP contribution in [0.2, 0.25) is 0 Å². The number of hydrogen-bond donors (Lipinski definition) is 1. The molecule has 2 rings (SSSR count). The summed E-state index contributed by atoms with van der Waals surface area (Å²) in [5.74, 6) is 0.531. The Morgan fingerprint density at radius 1 is 1.13 bits per heavy atom. The number of carbonyl (C=O) groups is 1. The largest absolute Gasteiger partial charge is 0.497 e. The molecule has 0 saturated carbocycles. The minimum Gasteiger partial charge on any atom is -0.497 e. The number of methoxy groups -OCH3 is 1. The highest BCUT2D eigenvalue weighted by Gasteiger charge is 2.22. The van der Waals surface area contributed by atoms with E-state index in [1.54, 1.807) is 12.0 Å². The number of carbonyl (C=O) groups excluding carboxylic acids is 1. The van der Waals surface area contributed by atoms with E-state index in [-0.39, 0.29) is 18.4 Å². The first-order valence-electron chi connectivity index (χ1n) is 7.76. The molecular formula is C19H23NO3. The van der Waals surface area contributed by atoms with E-state index in [9.17, 15) is 4.79 Å². The van der Waals surface area contributed by atoms with E-state index in [1.165, 1.54) is 0 Å². The highest BCUT2D eigenvalue weighted by atomic mass is 16.5. The lowest BCUT2D eigenvalue weighted by Crippen LogP contribution is -2.35. The molecule has 0 aliphatic heterocycles. The van der Waals surface area contributed by atoms with Crippen molar-refractivity contribution in [1.82, 2.24) is 0 Å². The van der Waals surface area contributed by atoms with Gasteiger partial charge in [-0.15, -0.1) is 0 Å². The minimum atomic E-state index is -0.231. The lowest BCUT2D eigenvalue weighted by molar-refractivity contribution is -0.122. The maximum absolute atomic E-state index is 12.8. The Hall–Kier alpha value is -2.33. The van der Waals surface area contributed by atoms with Crippen LogP contribution in [0.15, 0.2) is 54.6 Å². The Kier molecular flexibility index (Phi) is 6.18. The van der Waals surface area contributed by atoms with Crippen molar-refractivity contribution in [3.63, 3.8) is 0 Å². The molecule has 1 N–H and O–H groups in total. The van der Waals surface area contributed by atoms with E-state index < -0.39 is 0 Å². The van der Waals surface area contributed by atoms with Crippen molar-refractivity contribution in [3.8, 4) is 5.75 Å². The standard InChI is InChI=1S/C19H23NO3/c1-15(12-13-21)19(22)20(14-16-6-4-3-5-7-16)17-8-10-18(23-2)11-9-17/h3-11,15,21H,12-14H2,1-2H3. The van der Waals surface area contributed by atoms with Crippen molar-refractivity contribution in [2.24, 2.45) is 5.92 Å². The number of amides is 1. The second-order valence-corrected chi connectivity index (χ2v) is 5.52. The number of nitrogens with zero attached hydrogens (tertiary/aromatic N) is 1. The average Bonchev–Trinajstić information content (AvgIpc) is 2.60. The quantitative estimate of drug-likeness (QED) is 0.853. The molecule has 122 valence electrons. The molecule has 0 aliphatic rings. The van der Waals surface area contributed by atoms with Crippen LogP contribution in [0.4, 0.5) is 5.69 Å². The van der Waals surface area contributed by atoms with E-state index in [0.29, 0.717) is 13.0 Å². The summed E-state index contributed by atoms with van der Waals surface area (Å²) in [5, 5.41) is 9.11. The summed E-state index contributed by atoms with van der Waals surface area (Å²) in [6.45, 7) is 2.36. The van der Waals surface area contributed by atoms with Gasteiger partial charge in [0.15, 0.2) is 0 Å². The summed E-state index contributed by atoms with van der Waals surface area (Å²) in [5.41, 5.74) is 1.89. The van der Waals surface area contributed by atoms with Crippen LogP contribution in [0.3, 0.4) is 0 Å². The van der Waals surface area contributed by atoms with Crippen molar-refractivity contribution in [2.45, 2.75) is 19.9 Å². The summed E-state index contributed by atoms with van der Waals surface area (Å²) in [4.78, 5) is 14.5. The molecular weight excluding hydrogens is 290 g/mol. The molecule has 0 heterocycles. The monoisotopic (exact) mass is 313 g/mol. The van der Waals surface area contributed by atoms with Gasteiger partial charge < -0.3 is 14.7 Å². The van der Waals surface area contributed by atoms with Gasteiger partial charge in [0, 0.05) is 18.2 Å². The molecule has 2 aromatic carbocycles. The maximum atomic E-state index is 12.8. The molecule has 0 bridgehead atoms. The van der Waals surface area contributed by atoms with Gasteiger partial charge in [-0.25, -0.2) is 0 Å². The second kappa shape index (κ2) is 8.34. The van der Waals surface area contributed by atoms with Crippen molar-refractivity contribution < 1.29 is 14.6 Å². The van der Waals surface area contributed by atoms with Crippen LogP contribution in [-0.2, 0) is 11.3 Å². The lowest BCUT2D eigenvalue weighted by Gasteiger charge is -2.26. The Morgan fingerprint density at radius 3 is 2.35 bits per heavy atom. The highest BCUT2D eigenvalue weighted by molar-refractivity contribution is 5.94. The Bertz CT molecular complexity index is 610. The van der Waals surface area contributed by atoms with Crippen molar-refractivity contribution in [2.75, 3.05) is 18.6 Å². The fourth-order valence-electron chi connectivity index (χ4n) is 2.41. The van der Waals surface area contributed by atoms with E-state index >= 15 is 0 Å². The molecule has 23 heavy (non-hydrogen) atoms. The zero-order chi connectivity index (χ0) is 16.7. The van der Waals surface area contributed by atoms with Crippen LogP contribution >= 0.6 is 0 Å². The van der Waals surface area contributed by atoms with Crippen molar-refractivity contribution in [3.05, 3.63) is 60.2 Å². The SMILES string of the molecule is COc1ccc(N(Cc2ccccc2)C(=O)C(C)CCO)cc1. The van der Waals surface area contributed by atoms with E-state index in [1.807, 2.05) is 61.5 Å². The van der Waals surface area contributed by atoms with Gasteiger partial charge in [0.05, 0.1) is 13.7 Å². The molecule has 0 fully saturated rings. The zero-order valence-corrected chi connectivity index (χ0v) is 13.6. The Balaban J connectivity index is 2.27. The molecule has 1 atom stereocenters. The molecule has 0 aromatic heterocycles. The third-order valence-corrected chi connectivity index (χ3v) is 3.82. The van der Waals surface area contributed by atoms with Gasteiger partial charge in [-0.3, -0.25) is 4.79 Å². The van der Waals surface area contributed by atoms with Gasteiger partial charge in [0.1, 0.15) is 5.75 Å². The number of ether oxygens (including phenoxy) is 1. The first-order valence-corrected chi connectivity index (χ1v) is 7.76. The molecule has 1 unspecified atom stereocenters. The summed E-state index contributed by atoms with van der Waals surface area (Å²) in [6.07, 6.45) is 0.459. The predicted molar refractivity (Wildman–Crippen MR) is 91.5 cm³/mol. The van der Waals surface area contributed by atoms with E-state index in [0.717, 1.165) is 17.0 Å². The van der Waals surface area contributed by atoms with Crippen LogP contribution in [0.1, 0.15) is 18.9 Å². The van der Waals surface area contributed by atoms with Gasteiger partial charge in [-0.05, 0) is 36.2 Å². The molecule has 4 nitrogen and oxygen atoms in total. The number of rotatable bonds is 7. The smallest absolute Gasteiger partial charge is 0.230 e. The third-order valence-electron chi connectivity index (χ3n) is 3.82. The number of hydrogen-bond acceptors (Lipinski definition) is 3. The molecule has 4 heteroatoms. The fourth-order valence-corrected chi connectivity index (χ4v) is 2.41. The number of anilines is 1. The van der Waals surface area contributed by atoms with Crippen LogP contribution < -0.4 is 9.64 Å². The summed E-state index contributed by atoms with van der Waals surface area (Å²) in [6, 6.07) is 17.3. The lowest BCUT2D eigenvalue weighted by atomic mass is 10.1. The first-order chi connectivity index (χ1) is 11.2. The normalized spacial score (nSPS) is 11.8. The van der Waals surface area contributed by atoms with Gasteiger partial charge in [-0.2, -0.15) is 0 Å².